The normalized spacial score (nSPS) is 10.4. The Labute approximate surface area is 111 Å². The Morgan fingerprint density at radius 1 is 0.684 bits per heavy atom. The van der Waals surface area contributed by atoms with Gasteiger partial charge in [0.05, 0.1) is 0 Å². The van der Waals surface area contributed by atoms with Crippen molar-refractivity contribution in [1.82, 2.24) is 19.9 Å². The van der Waals surface area contributed by atoms with Gasteiger partial charge in [-0.3, -0.25) is 0 Å². The topological polar surface area (TPSA) is 51.6 Å². The van der Waals surface area contributed by atoms with Gasteiger partial charge >= 0.3 is 0 Å². The Bertz CT molecular complexity index is 661. The second kappa shape index (κ2) is 4.94. The fraction of sp³-hybridized carbons (Fsp3) is 0.0667. The van der Waals surface area contributed by atoms with Gasteiger partial charge in [-0.05, 0) is 18.6 Å². The van der Waals surface area contributed by atoms with E-state index in [1.807, 2.05) is 49.6 Å². The highest BCUT2D eigenvalue weighted by Gasteiger charge is 2.02. The number of rotatable bonds is 2. The van der Waals surface area contributed by atoms with Crippen LogP contribution in [0.3, 0.4) is 0 Å². The molecule has 4 heteroatoms. The third kappa shape index (κ3) is 2.47. The molecule has 0 saturated carbocycles. The van der Waals surface area contributed by atoms with Crippen molar-refractivity contribution in [2.45, 2.75) is 6.92 Å². The standard InChI is InChI=1S/C15H12N4/c1-11-18-9-14(10-19-11)12-3-5-13(6-4-12)15-16-7-2-8-17-15/h2-10H,1H3. The minimum Gasteiger partial charge on any atom is -0.241 e. The minimum absolute atomic E-state index is 0.731. The van der Waals surface area contributed by atoms with Crippen LogP contribution >= 0.6 is 0 Å². The van der Waals surface area contributed by atoms with Crippen LogP contribution in [0.2, 0.25) is 0 Å². The Kier molecular flexibility index (Phi) is 2.98. The van der Waals surface area contributed by atoms with Gasteiger partial charge < -0.3 is 0 Å². The quantitative estimate of drug-likeness (QED) is 0.699. The molecule has 0 spiro atoms. The molecule has 2 heterocycles. The number of nitrogens with zero attached hydrogens (tertiary/aromatic N) is 4. The largest absolute Gasteiger partial charge is 0.241 e. The van der Waals surface area contributed by atoms with Gasteiger partial charge in [0.1, 0.15) is 5.82 Å². The molecule has 0 unspecified atom stereocenters. The maximum atomic E-state index is 4.23. The van der Waals surface area contributed by atoms with E-state index in [0.717, 1.165) is 28.3 Å². The lowest BCUT2D eigenvalue weighted by molar-refractivity contribution is 1.06. The average Bonchev–Trinajstić information content (AvgIpc) is 2.49. The number of hydrogen-bond donors (Lipinski definition) is 0. The first-order valence-corrected chi connectivity index (χ1v) is 5.99. The minimum atomic E-state index is 0.731. The lowest BCUT2D eigenvalue weighted by Gasteiger charge is -2.03. The summed E-state index contributed by atoms with van der Waals surface area (Å²) in [4.78, 5) is 16.9. The van der Waals surface area contributed by atoms with E-state index in [1.165, 1.54) is 0 Å². The van der Waals surface area contributed by atoms with Crippen molar-refractivity contribution >= 4 is 0 Å². The summed E-state index contributed by atoms with van der Waals surface area (Å²) in [7, 11) is 0. The smallest absolute Gasteiger partial charge is 0.159 e. The van der Waals surface area contributed by atoms with Gasteiger partial charge in [-0.2, -0.15) is 0 Å². The Balaban J connectivity index is 1.93. The maximum absolute atomic E-state index is 4.23. The first kappa shape index (κ1) is 11.5. The zero-order chi connectivity index (χ0) is 13.1. The fourth-order valence-corrected chi connectivity index (χ4v) is 1.80. The molecule has 3 rings (SSSR count). The zero-order valence-electron chi connectivity index (χ0n) is 10.5. The van der Waals surface area contributed by atoms with E-state index in [2.05, 4.69) is 19.9 Å². The van der Waals surface area contributed by atoms with Crippen LogP contribution in [-0.4, -0.2) is 19.9 Å². The molecule has 0 atom stereocenters. The van der Waals surface area contributed by atoms with E-state index in [0.29, 0.717) is 0 Å². The first-order valence-electron chi connectivity index (χ1n) is 5.99. The Morgan fingerprint density at radius 3 is 1.89 bits per heavy atom. The molecule has 0 aliphatic carbocycles. The molecule has 0 saturated heterocycles. The SMILES string of the molecule is Cc1ncc(-c2ccc(-c3ncccn3)cc2)cn1. The molecule has 0 amide bonds. The molecule has 0 fully saturated rings. The number of benzene rings is 1. The summed E-state index contributed by atoms with van der Waals surface area (Å²) in [6, 6.07) is 9.87. The summed E-state index contributed by atoms with van der Waals surface area (Å²) in [6.45, 7) is 1.87. The summed E-state index contributed by atoms with van der Waals surface area (Å²) in [6.07, 6.45) is 7.14. The summed E-state index contributed by atoms with van der Waals surface area (Å²) >= 11 is 0. The molecule has 1 aromatic carbocycles. The van der Waals surface area contributed by atoms with E-state index in [-0.39, 0.29) is 0 Å². The van der Waals surface area contributed by atoms with Gasteiger partial charge in [0.25, 0.3) is 0 Å². The highest BCUT2D eigenvalue weighted by Crippen LogP contribution is 2.21. The summed E-state index contributed by atoms with van der Waals surface area (Å²) in [5, 5.41) is 0. The van der Waals surface area contributed by atoms with Crippen molar-refractivity contribution in [1.29, 1.82) is 0 Å². The third-order valence-electron chi connectivity index (χ3n) is 2.82. The molecular formula is C15H12N4. The predicted octanol–water partition coefficient (Wildman–Crippen LogP) is 2.91. The molecule has 0 radical (unpaired) electrons. The van der Waals surface area contributed by atoms with Crippen molar-refractivity contribution in [3.05, 3.63) is 60.9 Å². The highest BCUT2D eigenvalue weighted by molar-refractivity contribution is 5.66. The monoisotopic (exact) mass is 248 g/mol. The van der Waals surface area contributed by atoms with E-state index in [4.69, 9.17) is 0 Å². The van der Waals surface area contributed by atoms with Crippen molar-refractivity contribution in [3.8, 4) is 22.5 Å². The molecule has 0 N–H and O–H groups in total. The number of aromatic nitrogens is 4. The predicted molar refractivity (Wildman–Crippen MR) is 73.2 cm³/mol. The van der Waals surface area contributed by atoms with Crippen LogP contribution < -0.4 is 0 Å². The maximum Gasteiger partial charge on any atom is 0.159 e. The molecule has 92 valence electrons. The van der Waals surface area contributed by atoms with E-state index in [1.54, 1.807) is 12.4 Å². The van der Waals surface area contributed by atoms with Crippen LogP contribution in [0.1, 0.15) is 5.82 Å². The molecular weight excluding hydrogens is 236 g/mol. The van der Waals surface area contributed by atoms with Crippen LogP contribution in [-0.2, 0) is 0 Å². The lowest BCUT2D eigenvalue weighted by atomic mass is 10.1. The number of hydrogen-bond acceptors (Lipinski definition) is 4. The second-order valence-corrected chi connectivity index (χ2v) is 4.17. The average molecular weight is 248 g/mol. The summed E-state index contributed by atoms with van der Waals surface area (Å²) in [5.74, 6) is 1.51. The molecule has 0 aliphatic rings. The first-order chi connectivity index (χ1) is 9.33. The molecule has 4 nitrogen and oxygen atoms in total. The van der Waals surface area contributed by atoms with Gasteiger partial charge in [0.2, 0.25) is 0 Å². The van der Waals surface area contributed by atoms with Gasteiger partial charge in [-0.25, -0.2) is 19.9 Å². The van der Waals surface area contributed by atoms with Gasteiger partial charge in [-0.15, -0.1) is 0 Å². The van der Waals surface area contributed by atoms with Crippen molar-refractivity contribution in [2.24, 2.45) is 0 Å². The Hall–Kier alpha value is -2.62. The van der Waals surface area contributed by atoms with Crippen LogP contribution in [0.4, 0.5) is 0 Å². The van der Waals surface area contributed by atoms with Crippen LogP contribution in [0.25, 0.3) is 22.5 Å². The van der Waals surface area contributed by atoms with Crippen LogP contribution in [0, 0.1) is 6.92 Å². The Morgan fingerprint density at radius 2 is 1.26 bits per heavy atom. The van der Waals surface area contributed by atoms with Crippen molar-refractivity contribution in [3.63, 3.8) is 0 Å². The lowest BCUT2D eigenvalue weighted by Crippen LogP contribution is -1.89. The summed E-state index contributed by atoms with van der Waals surface area (Å²) in [5.41, 5.74) is 3.09. The van der Waals surface area contributed by atoms with Crippen molar-refractivity contribution < 1.29 is 0 Å². The van der Waals surface area contributed by atoms with E-state index >= 15 is 0 Å². The zero-order valence-corrected chi connectivity index (χ0v) is 10.5. The molecule has 0 aliphatic heterocycles. The third-order valence-corrected chi connectivity index (χ3v) is 2.82. The molecule has 2 aromatic heterocycles. The number of aryl methyl sites for hydroxylation is 1. The van der Waals surface area contributed by atoms with E-state index in [9.17, 15) is 0 Å². The van der Waals surface area contributed by atoms with E-state index < -0.39 is 0 Å². The summed E-state index contributed by atoms with van der Waals surface area (Å²) < 4.78 is 0. The van der Waals surface area contributed by atoms with Gasteiger partial charge in [0.15, 0.2) is 5.82 Å². The molecule has 0 bridgehead atoms. The van der Waals surface area contributed by atoms with Crippen LogP contribution in [0.5, 0.6) is 0 Å². The second-order valence-electron chi connectivity index (χ2n) is 4.17. The fourth-order valence-electron chi connectivity index (χ4n) is 1.80. The van der Waals surface area contributed by atoms with Gasteiger partial charge in [0, 0.05) is 35.9 Å². The highest BCUT2D eigenvalue weighted by atomic mass is 14.9. The molecule has 3 aromatic rings. The van der Waals surface area contributed by atoms with Crippen molar-refractivity contribution in [2.75, 3.05) is 0 Å². The van der Waals surface area contributed by atoms with Gasteiger partial charge in [-0.1, -0.05) is 24.3 Å². The van der Waals surface area contributed by atoms with Crippen LogP contribution in [0.15, 0.2) is 55.1 Å². The molecule has 19 heavy (non-hydrogen) atoms.